The predicted molar refractivity (Wildman–Crippen MR) is 87.7 cm³/mol. The summed E-state index contributed by atoms with van der Waals surface area (Å²) in [6, 6.07) is 10.8. The molecular weight excluding hydrogens is 367 g/mol. The van der Waals surface area contributed by atoms with Crippen molar-refractivity contribution < 1.29 is 18.7 Å². The van der Waals surface area contributed by atoms with Gasteiger partial charge in [0.2, 0.25) is 0 Å². The summed E-state index contributed by atoms with van der Waals surface area (Å²) in [5, 5.41) is 5.28. The second-order valence-electron chi connectivity index (χ2n) is 4.62. The number of halogens is 2. The molecule has 0 saturated heterocycles. The summed E-state index contributed by atoms with van der Waals surface area (Å²) in [5.74, 6) is -0.726. The van der Waals surface area contributed by atoms with Crippen LogP contribution in [0.1, 0.15) is 15.9 Å². The van der Waals surface area contributed by atoms with Gasteiger partial charge < -0.3 is 10.1 Å². The van der Waals surface area contributed by atoms with Gasteiger partial charge in [0.25, 0.3) is 5.91 Å². The van der Waals surface area contributed by atoms with Gasteiger partial charge in [-0.15, -0.1) is 0 Å². The first-order valence-electron chi connectivity index (χ1n) is 6.67. The largest absolute Gasteiger partial charge is 0.453 e. The summed E-state index contributed by atoms with van der Waals surface area (Å²) in [5.41, 5.74) is 1.80. The number of hydrogen-bond donors (Lipinski definition) is 2. The van der Waals surface area contributed by atoms with Crippen molar-refractivity contribution >= 4 is 33.6 Å². The lowest BCUT2D eigenvalue weighted by Gasteiger charge is -2.08. The summed E-state index contributed by atoms with van der Waals surface area (Å²) in [6.45, 7) is 0.307. The van der Waals surface area contributed by atoms with E-state index in [-0.39, 0.29) is 5.91 Å². The Morgan fingerprint density at radius 1 is 1.17 bits per heavy atom. The van der Waals surface area contributed by atoms with Gasteiger partial charge in [-0.1, -0.05) is 12.1 Å². The molecule has 2 aromatic rings. The van der Waals surface area contributed by atoms with Crippen molar-refractivity contribution in [3.8, 4) is 0 Å². The second-order valence-corrected chi connectivity index (χ2v) is 5.47. The van der Waals surface area contributed by atoms with E-state index in [2.05, 4.69) is 31.3 Å². The molecule has 0 heterocycles. The normalized spacial score (nSPS) is 10.0. The van der Waals surface area contributed by atoms with Crippen LogP contribution in [0.4, 0.5) is 14.9 Å². The maximum atomic E-state index is 13.0. The number of methoxy groups -OCH3 is 1. The maximum Gasteiger partial charge on any atom is 0.411 e. The molecule has 0 spiro atoms. The summed E-state index contributed by atoms with van der Waals surface area (Å²) < 4.78 is 17.9. The minimum Gasteiger partial charge on any atom is -0.453 e. The number of carbonyl (C=O) groups is 2. The number of ether oxygens (including phenoxy) is 1. The molecule has 120 valence electrons. The van der Waals surface area contributed by atoms with Crippen LogP contribution in [0, 0.1) is 5.82 Å². The number of carbonyl (C=O) groups excluding carboxylic acids is 2. The van der Waals surface area contributed by atoms with Gasteiger partial charge in [0.05, 0.1) is 12.7 Å². The van der Waals surface area contributed by atoms with E-state index in [1.165, 1.54) is 25.3 Å². The molecule has 0 aliphatic carbocycles. The van der Waals surface area contributed by atoms with Gasteiger partial charge in [-0.3, -0.25) is 10.1 Å². The highest BCUT2D eigenvalue weighted by Gasteiger charge is 2.10. The first-order valence-corrected chi connectivity index (χ1v) is 7.46. The monoisotopic (exact) mass is 380 g/mol. The number of amides is 2. The number of nitrogens with one attached hydrogen (secondary N) is 2. The highest BCUT2D eigenvalue weighted by Crippen LogP contribution is 2.18. The van der Waals surface area contributed by atoms with Crippen molar-refractivity contribution in [2.24, 2.45) is 0 Å². The summed E-state index contributed by atoms with van der Waals surface area (Å²) in [6.07, 6.45) is -0.549. The van der Waals surface area contributed by atoms with Crippen LogP contribution in [0.2, 0.25) is 0 Å². The van der Waals surface area contributed by atoms with Crippen LogP contribution in [0.3, 0.4) is 0 Å². The molecule has 0 unspecified atom stereocenters. The zero-order chi connectivity index (χ0) is 16.8. The lowest BCUT2D eigenvalue weighted by Crippen LogP contribution is -2.23. The molecule has 0 aromatic heterocycles. The smallest absolute Gasteiger partial charge is 0.411 e. The van der Waals surface area contributed by atoms with Crippen LogP contribution < -0.4 is 10.6 Å². The Balaban J connectivity index is 1.95. The van der Waals surface area contributed by atoms with Gasteiger partial charge in [-0.05, 0) is 51.8 Å². The molecule has 0 aliphatic heterocycles. The molecule has 0 atom stereocenters. The van der Waals surface area contributed by atoms with Crippen LogP contribution in [-0.4, -0.2) is 19.1 Å². The number of anilines is 1. The average Bonchev–Trinajstić information content (AvgIpc) is 2.53. The van der Waals surface area contributed by atoms with Gasteiger partial charge in [0.15, 0.2) is 0 Å². The van der Waals surface area contributed by atoms with E-state index in [0.29, 0.717) is 22.3 Å². The zero-order valence-electron chi connectivity index (χ0n) is 12.2. The van der Waals surface area contributed by atoms with Crippen LogP contribution >= 0.6 is 15.9 Å². The van der Waals surface area contributed by atoms with Gasteiger partial charge in [0.1, 0.15) is 5.82 Å². The lowest BCUT2D eigenvalue weighted by molar-refractivity contribution is 0.0950. The van der Waals surface area contributed by atoms with E-state index in [9.17, 15) is 14.0 Å². The predicted octanol–water partition coefficient (Wildman–Crippen LogP) is 3.70. The number of rotatable bonds is 4. The summed E-state index contributed by atoms with van der Waals surface area (Å²) in [4.78, 5) is 23.1. The molecular formula is C16H14BrFN2O3. The minimum absolute atomic E-state index is 0.307. The molecule has 0 bridgehead atoms. The highest BCUT2D eigenvalue weighted by molar-refractivity contribution is 9.10. The first kappa shape index (κ1) is 17.0. The third-order valence-electron chi connectivity index (χ3n) is 3.01. The van der Waals surface area contributed by atoms with Crippen molar-refractivity contribution in [1.82, 2.24) is 5.32 Å². The fourth-order valence-corrected chi connectivity index (χ4v) is 2.36. The summed E-state index contributed by atoms with van der Waals surface area (Å²) >= 11 is 3.16. The molecule has 2 aromatic carbocycles. The number of hydrogen-bond acceptors (Lipinski definition) is 3. The van der Waals surface area contributed by atoms with E-state index < -0.39 is 11.9 Å². The summed E-state index contributed by atoms with van der Waals surface area (Å²) in [7, 11) is 1.28. The lowest BCUT2D eigenvalue weighted by atomic mass is 10.2. The van der Waals surface area contributed by atoms with E-state index in [4.69, 9.17) is 0 Å². The zero-order valence-corrected chi connectivity index (χ0v) is 13.8. The second kappa shape index (κ2) is 7.73. The Morgan fingerprint density at radius 3 is 2.48 bits per heavy atom. The molecule has 23 heavy (non-hydrogen) atoms. The molecule has 7 heteroatoms. The third kappa shape index (κ3) is 4.79. The van der Waals surface area contributed by atoms with Gasteiger partial charge in [-0.2, -0.15) is 0 Å². The van der Waals surface area contributed by atoms with E-state index >= 15 is 0 Å². The van der Waals surface area contributed by atoms with Crippen LogP contribution in [0.5, 0.6) is 0 Å². The molecule has 2 amide bonds. The fourth-order valence-electron chi connectivity index (χ4n) is 1.83. The van der Waals surface area contributed by atoms with Crippen molar-refractivity contribution in [3.05, 3.63) is 63.9 Å². The minimum atomic E-state index is -0.549. The Bertz CT molecular complexity index is 720. The quantitative estimate of drug-likeness (QED) is 0.849. The van der Waals surface area contributed by atoms with Crippen molar-refractivity contribution in [3.63, 3.8) is 0 Å². The maximum absolute atomic E-state index is 13.0. The molecule has 0 aliphatic rings. The van der Waals surface area contributed by atoms with Crippen LogP contribution in [0.25, 0.3) is 0 Å². The molecule has 2 rings (SSSR count). The van der Waals surface area contributed by atoms with Crippen molar-refractivity contribution in [2.75, 3.05) is 12.4 Å². The Kier molecular flexibility index (Phi) is 5.70. The van der Waals surface area contributed by atoms with Crippen LogP contribution in [-0.2, 0) is 11.3 Å². The highest BCUT2D eigenvalue weighted by atomic mass is 79.9. The molecule has 2 N–H and O–H groups in total. The van der Waals surface area contributed by atoms with Crippen molar-refractivity contribution in [2.45, 2.75) is 6.54 Å². The van der Waals surface area contributed by atoms with Crippen molar-refractivity contribution in [1.29, 1.82) is 0 Å². The topological polar surface area (TPSA) is 67.4 Å². The molecule has 5 nitrogen and oxygen atoms in total. The SMILES string of the molecule is COC(=O)Nc1ccc(CNC(=O)c2ccc(F)cc2Br)cc1. The van der Waals surface area contributed by atoms with Crippen LogP contribution in [0.15, 0.2) is 46.9 Å². The Hall–Kier alpha value is -2.41. The number of benzene rings is 2. The molecule has 0 fully saturated rings. The molecule has 0 radical (unpaired) electrons. The Morgan fingerprint density at radius 2 is 1.87 bits per heavy atom. The first-order chi connectivity index (χ1) is 11.0. The van der Waals surface area contributed by atoms with E-state index in [0.717, 1.165) is 5.56 Å². The van der Waals surface area contributed by atoms with Gasteiger partial charge in [-0.25, -0.2) is 9.18 Å². The van der Waals surface area contributed by atoms with Gasteiger partial charge >= 0.3 is 6.09 Å². The third-order valence-corrected chi connectivity index (χ3v) is 3.67. The van der Waals surface area contributed by atoms with E-state index in [1.807, 2.05) is 0 Å². The van der Waals surface area contributed by atoms with Gasteiger partial charge in [0, 0.05) is 16.7 Å². The molecule has 0 saturated carbocycles. The average molecular weight is 381 g/mol. The fraction of sp³-hybridized carbons (Fsp3) is 0.125. The van der Waals surface area contributed by atoms with E-state index in [1.54, 1.807) is 24.3 Å². The Labute approximate surface area is 141 Å². The standard InChI is InChI=1S/C16H14BrFN2O3/c1-23-16(22)20-12-5-2-10(3-6-12)9-19-15(21)13-7-4-11(18)8-14(13)17/h2-8H,9H2,1H3,(H,19,21)(H,20,22).